The average Bonchev–Trinajstić information content (AvgIpc) is 3.30. The van der Waals surface area contributed by atoms with Gasteiger partial charge in [0.2, 0.25) is 5.91 Å². The Kier molecular flexibility index (Phi) is 6.03. The van der Waals surface area contributed by atoms with Crippen LogP contribution in [0.4, 0.5) is 10.8 Å². The molecular weight excluding hydrogens is 390 g/mol. The highest BCUT2D eigenvalue weighted by Gasteiger charge is 2.20. The van der Waals surface area contributed by atoms with Gasteiger partial charge in [0, 0.05) is 22.6 Å². The molecule has 1 aromatic carbocycles. The van der Waals surface area contributed by atoms with Crippen LogP contribution in [0, 0.1) is 0 Å². The number of benzene rings is 1. The molecule has 2 aromatic heterocycles. The molecule has 1 N–H and O–H groups in total. The zero-order valence-electron chi connectivity index (χ0n) is 13.9. The number of halogens is 1. The molecular formula is C18H16ClN3O2S2. The van der Waals surface area contributed by atoms with Gasteiger partial charge in [0.1, 0.15) is 0 Å². The number of carbonyl (C=O) groups excluding carboxylic acids is 2. The molecule has 0 saturated heterocycles. The molecule has 3 aromatic rings. The second kappa shape index (κ2) is 8.44. The fourth-order valence-corrected chi connectivity index (χ4v) is 3.99. The molecule has 0 bridgehead atoms. The fourth-order valence-electron chi connectivity index (χ4n) is 2.30. The van der Waals surface area contributed by atoms with Crippen molar-refractivity contribution in [3.05, 3.63) is 62.8 Å². The van der Waals surface area contributed by atoms with Crippen molar-refractivity contribution in [2.45, 2.75) is 13.3 Å². The summed E-state index contributed by atoms with van der Waals surface area (Å²) in [6.07, 6.45) is 0.143. The molecule has 134 valence electrons. The second-order valence-electron chi connectivity index (χ2n) is 5.38. The molecule has 0 saturated carbocycles. The van der Waals surface area contributed by atoms with E-state index in [4.69, 9.17) is 11.6 Å². The Labute approximate surface area is 164 Å². The van der Waals surface area contributed by atoms with Crippen LogP contribution in [0.25, 0.3) is 0 Å². The van der Waals surface area contributed by atoms with Crippen molar-refractivity contribution in [1.29, 1.82) is 0 Å². The normalized spacial score (nSPS) is 10.5. The summed E-state index contributed by atoms with van der Waals surface area (Å²) in [4.78, 5) is 31.5. The zero-order valence-corrected chi connectivity index (χ0v) is 16.3. The lowest BCUT2D eigenvalue weighted by molar-refractivity contribution is -0.115. The van der Waals surface area contributed by atoms with Crippen molar-refractivity contribution in [1.82, 2.24) is 4.98 Å². The van der Waals surface area contributed by atoms with Crippen LogP contribution in [-0.4, -0.2) is 23.3 Å². The molecule has 8 heteroatoms. The summed E-state index contributed by atoms with van der Waals surface area (Å²) < 4.78 is 0. The van der Waals surface area contributed by atoms with Crippen LogP contribution in [0.15, 0.2) is 47.2 Å². The van der Waals surface area contributed by atoms with E-state index in [1.54, 1.807) is 40.6 Å². The van der Waals surface area contributed by atoms with E-state index < -0.39 is 0 Å². The van der Waals surface area contributed by atoms with Gasteiger partial charge < -0.3 is 5.32 Å². The molecule has 0 atom stereocenters. The van der Waals surface area contributed by atoms with E-state index in [0.29, 0.717) is 33.0 Å². The van der Waals surface area contributed by atoms with Crippen LogP contribution >= 0.6 is 34.3 Å². The standard InChI is InChI=1S/C18H16ClN3O2S2/c1-2-22(17(24)15-4-3-9-25-15)18-21-14(11-26-18)10-16(23)20-13-7-5-12(19)6-8-13/h3-9,11H,2,10H2,1H3,(H,20,23). The van der Waals surface area contributed by atoms with Gasteiger partial charge in [0.05, 0.1) is 17.0 Å². The Morgan fingerprint density at radius 2 is 1.96 bits per heavy atom. The molecule has 0 radical (unpaired) electrons. The van der Waals surface area contributed by atoms with Crippen molar-refractivity contribution in [2.75, 3.05) is 16.8 Å². The van der Waals surface area contributed by atoms with E-state index in [2.05, 4.69) is 10.3 Å². The molecule has 3 rings (SSSR count). The quantitative estimate of drug-likeness (QED) is 0.646. The van der Waals surface area contributed by atoms with Gasteiger partial charge in [-0.25, -0.2) is 4.98 Å². The molecule has 0 aliphatic carbocycles. The Balaban J connectivity index is 1.65. The number of nitrogens with zero attached hydrogens (tertiary/aromatic N) is 2. The van der Waals surface area contributed by atoms with Crippen LogP contribution in [-0.2, 0) is 11.2 Å². The number of rotatable bonds is 6. The third kappa shape index (κ3) is 4.49. The minimum absolute atomic E-state index is 0.0750. The summed E-state index contributed by atoms with van der Waals surface area (Å²) in [7, 11) is 0. The average molecular weight is 406 g/mol. The highest BCUT2D eigenvalue weighted by Crippen LogP contribution is 2.24. The van der Waals surface area contributed by atoms with E-state index in [-0.39, 0.29) is 18.2 Å². The van der Waals surface area contributed by atoms with Gasteiger partial charge >= 0.3 is 0 Å². The highest BCUT2D eigenvalue weighted by molar-refractivity contribution is 7.14. The second-order valence-corrected chi connectivity index (χ2v) is 7.60. The number of anilines is 2. The van der Waals surface area contributed by atoms with Crippen LogP contribution in [0.5, 0.6) is 0 Å². The first-order valence-electron chi connectivity index (χ1n) is 7.92. The minimum Gasteiger partial charge on any atom is -0.326 e. The van der Waals surface area contributed by atoms with E-state index >= 15 is 0 Å². The number of hydrogen-bond acceptors (Lipinski definition) is 5. The van der Waals surface area contributed by atoms with Crippen molar-refractivity contribution in [3.8, 4) is 0 Å². The topological polar surface area (TPSA) is 62.3 Å². The van der Waals surface area contributed by atoms with Crippen molar-refractivity contribution < 1.29 is 9.59 Å². The molecule has 0 spiro atoms. The molecule has 26 heavy (non-hydrogen) atoms. The molecule has 2 heterocycles. The fraction of sp³-hybridized carbons (Fsp3) is 0.167. The van der Waals surface area contributed by atoms with Crippen LogP contribution in [0.1, 0.15) is 22.3 Å². The largest absolute Gasteiger partial charge is 0.326 e. The lowest BCUT2D eigenvalue weighted by Gasteiger charge is -2.16. The van der Waals surface area contributed by atoms with Crippen LogP contribution < -0.4 is 10.2 Å². The summed E-state index contributed by atoms with van der Waals surface area (Å²) in [6, 6.07) is 10.6. The number of aromatic nitrogens is 1. The van der Waals surface area contributed by atoms with Gasteiger partial charge in [-0.1, -0.05) is 17.7 Å². The summed E-state index contributed by atoms with van der Waals surface area (Å²) in [5.41, 5.74) is 1.31. The number of amides is 2. The molecule has 5 nitrogen and oxygen atoms in total. The van der Waals surface area contributed by atoms with Crippen molar-refractivity contribution >= 4 is 56.9 Å². The maximum atomic E-state index is 12.6. The Bertz CT molecular complexity index is 892. The Morgan fingerprint density at radius 1 is 1.19 bits per heavy atom. The Morgan fingerprint density at radius 3 is 2.62 bits per heavy atom. The Hall–Kier alpha value is -2.22. The smallest absolute Gasteiger partial charge is 0.270 e. The maximum Gasteiger partial charge on any atom is 0.270 e. The predicted molar refractivity (Wildman–Crippen MR) is 108 cm³/mol. The maximum absolute atomic E-state index is 12.6. The summed E-state index contributed by atoms with van der Waals surface area (Å²) in [6.45, 7) is 2.42. The number of hydrogen-bond donors (Lipinski definition) is 1. The van der Waals surface area contributed by atoms with E-state index in [1.807, 2.05) is 18.4 Å². The molecule has 0 aliphatic heterocycles. The van der Waals surface area contributed by atoms with Crippen molar-refractivity contribution in [2.24, 2.45) is 0 Å². The third-order valence-electron chi connectivity index (χ3n) is 3.53. The zero-order chi connectivity index (χ0) is 18.5. The molecule has 0 unspecified atom stereocenters. The number of nitrogens with one attached hydrogen (secondary N) is 1. The summed E-state index contributed by atoms with van der Waals surface area (Å²) in [5.74, 6) is -0.245. The summed E-state index contributed by atoms with van der Waals surface area (Å²) in [5, 5.41) is 7.69. The van der Waals surface area contributed by atoms with Gasteiger partial charge in [-0.15, -0.1) is 22.7 Å². The monoisotopic (exact) mass is 405 g/mol. The van der Waals surface area contributed by atoms with Gasteiger partial charge in [0.15, 0.2) is 5.13 Å². The number of thiophene rings is 1. The van der Waals surface area contributed by atoms with E-state index in [0.717, 1.165) is 0 Å². The lowest BCUT2D eigenvalue weighted by atomic mass is 10.3. The minimum atomic E-state index is -0.170. The highest BCUT2D eigenvalue weighted by atomic mass is 35.5. The van der Waals surface area contributed by atoms with Gasteiger partial charge in [-0.3, -0.25) is 14.5 Å². The van der Waals surface area contributed by atoms with Crippen molar-refractivity contribution in [3.63, 3.8) is 0 Å². The first-order chi connectivity index (χ1) is 12.6. The first-order valence-corrected chi connectivity index (χ1v) is 10.1. The number of thiazole rings is 1. The molecule has 0 aliphatic rings. The summed E-state index contributed by atoms with van der Waals surface area (Å²) >= 11 is 8.59. The van der Waals surface area contributed by atoms with Gasteiger partial charge in [-0.05, 0) is 42.6 Å². The molecule has 0 fully saturated rings. The van der Waals surface area contributed by atoms with Crippen LogP contribution in [0.3, 0.4) is 0 Å². The predicted octanol–water partition coefficient (Wildman–Crippen LogP) is 4.71. The van der Waals surface area contributed by atoms with Crippen LogP contribution in [0.2, 0.25) is 5.02 Å². The SMILES string of the molecule is CCN(C(=O)c1cccs1)c1nc(CC(=O)Nc2ccc(Cl)cc2)cs1. The first kappa shape index (κ1) is 18.6. The van der Waals surface area contributed by atoms with Gasteiger partial charge in [-0.2, -0.15) is 0 Å². The molecule has 2 amide bonds. The van der Waals surface area contributed by atoms with E-state index in [1.165, 1.54) is 22.7 Å². The third-order valence-corrected chi connectivity index (χ3v) is 5.56. The number of carbonyl (C=O) groups is 2. The van der Waals surface area contributed by atoms with E-state index in [9.17, 15) is 9.59 Å². The lowest BCUT2D eigenvalue weighted by Crippen LogP contribution is -2.29. The van der Waals surface area contributed by atoms with Gasteiger partial charge in [0.25, 0.3) is 5.91 Å².